The van der Waals surface area contributed by atoms with E-state index in [2.05, 4.69) is 5.32 Å². The summed E-state index contributed by atoms with van der Waals surface area (Å²) < 4.78 is 11.1. The molecule has 3 N–H and O–H groups in total. The molecule has 0 spiro atoms. The van der Waals surface area contributed by atoms with Crippen LogP contribution >= 0.6 is 11.6 Å². The van der Waals surface area contributed by atoms with Crippen LogP contribution in [0.25, 0.3) is 11.3 Å². The van der Waals surface area contributed by atoms with Gasteiger partial charge in [-0.2, -0.15) is 0 Å². The van der Waals surface area contributed by atoms with Crippen molar-refractivity contribution in [3.05, 3.63) is 77.0 Å². The van der Waals surface area contributed by atoms with E-state index in [4.69, 9.17) is 20.8 Å². The first-order valence-corrected chi connectivity index (χ1v) is 8.95. The number of methoxy groups -OCH3 is 1. The molecule has 2 aromatic carbocycles. The lowest BCUT2D eigenvalue weighted by Crippen LogP contribution is -2.88. The highest BCUT2D eigenvalue weighted by Crippen LogP contribution is 2.31. The van der Waals surface area contributed by atoms with Crippen molar-refractivity contribution in [1.82, 2.24) is 0 Å². The van der Waals surface area contributed by atoms with Gasteiger partial charge in [-0.1, -0.05) is 41.9 Å². The SMILES string of the molecule is COc1ccc(-c2ccc(C[NH2+][C@H](C)[C@@H](O)c3ccccc3)o2)cc1Cl. The number of furan rings is 1. The zero-order valence-electron chi connectivity index (χ0n) is 14.9. The fraction of sp³-hybridized carbons (Fsp3) is 0.238. The molecule has 0 radical (unpaired) electrons. The highest BCUT2D eigenvalue weighted by atomic mass is 35.5. The second kappa shape index (κ2) is 8.41. The van der Waals surface area contributed by atoms with Gasteiger partial charge in [0.15, 0.2) is 5.76 Å². The van der Waals surface area contributed by atoms with Crippen LogP contribution in [0.2, 0.25) is 5.02 Å². The molecule has 0 amide bonds. The Kier molecular flexibility index (Phi) is 5.99. The van der Waals surface area contributed by atoms with E-state index in [9.17, 15) is 5.11 Å². The van der Waals surface area contributed by atoms with Gasteiger partial charge in [-0.25, -0.2) is 0 Å². The number of rotatable bonds is 7. The van der Waals surface area contributed by atoms with E-state index in [1.54, 1.807) is 7.11 Å². The van der Waals surface area contributed by atoms with E-state index in [0.717, 1.165) is 22.6 Å². The molecule has 26 heavy (non-hydrogen) atoms. The smallest absolute Gasteiger partial charge is 0.158 e. The third kappa shape index (κ3) is 4.28. The van der Waals surface area contributed by atoms with E-state index < -0.39 is 6.10 Å². The Labute approximate surface area is 158 Å². The van der Waals surface area contributed by atoms with Gasteiger partial charge in [-0.3, -0.25) is 0 Å². The Hall–Kier alpha value is -2.27. The van der Waals surface area contributed by atoms with Crippen LogP contribution in [-0.2, 0) is 6.54 Å². The molecular formula is C21H23ClNO3+. The van der Waals surface area contributed by atoms with Crippen LogP contribution in [0, 0.1) is 0 Å². The summed E-state index contributed by atoms with van der Waals surface area (Å²) in [5.41, 5.74) is 1.82. The number of ether oxygens (including phenoxy) is 1. The number of benzene rings is 2. The van der Waals surface area contributed by atoms with Gasteiger partial charge in [0.1, 0.15) is 30.2 Å². The molecule has 136 valence electrons. The average molecular weight is 373 g/mol. The fourth-order valence-electron chi connectivity index (χ4n) is 2.85. The van der Waals surface area contributed by atoms with Crippen LogP contribution in [0.15, 0.2) is 65.1 Å². The van der Waals surface area contributed by atoms with Gasteiger partial charge in [0, 0.05) is 5.56 Å². The summed E-state index contributed by atoms with van der Waals surface area (Å²) in [6.07, 6.45) is -0.522. The van der Waals surface area contributed by atoms with Crippen LogP contribution in [0.1, 0.15) is 24.4 Å². The maximum atomic E-state index is 10.4. The van der Waals surface area contributed by atoms with E-state index >= 15 is 0 Å². The van der Waals surface area contributed by atoms with Gasteiger partial charge in [-0.15, -0.1) is 0 Å². The molecule has 0 saturated heterocycles. The lowest BCUT2D eigenvalue weighted by molar-refractivity contribution is -0.710. The van der Waals surface area contributed by atoms with Crippen LogP contribution in [-0.4, -0.2) is 18.3 Å². The average Bonchev–Trinajstić information content (AvgIpc) is 3.15. The number of aliphatic hydroxyl groups is 1. The van der Waals surface area contributed by atoms with Crippen LogP contribution in [0.4, 0.5) is 0 Å². The van der Waals surface area contributed by atoms with Gasteiger partial charge in [-0.05, 0) is 42.8 Å². The van der Waals surface area contributed by atoms with Gasteiger partial charge in [0.25, 0.3) is 0 Å². The molecule has 0 bridgehead atoms. The number of quaternary nitrogens is 1. The van der Waals surface area contributed by atoms with Crippen molar-refractivity contribution in [2.45, 2.75) is 25.6 Å². The largest absolute Gasteiger partial charge is 0.495 e. The quantitative estimate of drug-likeness (QED) is 0.663. The van der Waals surface area contributed by atoms with E-state index in [1.807, 2.05) is 67.6 Å². The fourth-order valence-corrected chi connectivity index (χ4v) is 3.10. The van der Waals surface area contributed by atoms with Gasteiger partial charge < -0.3 is 19.6 Å². The van der Waals surface area contributed by atoms with Crippen molar-refractivity contribution in [2.24, 2.45) is 0 Å². The predicted octanol–water partition coefficient (Wildman–Crippen LogP) is 3.79. The standard InChI is InChI=1S/C21H22ClNO3/c1-14(21(24)15-6-4-3-5-7-15)23-13-17-9-11-19(26-17)16-8-10-20(25-2)18(22)12-16/h3-12,14,21,23-24H,13H2,1-2H3/p+1/t14-,21-/m1/s1. The summed E-state index contributed by atoms with van der Waals surface area (Å²) in [4.78, 5) is 0. The van der Waals surface area contributed by atoms with Crippen LogP contribution in [0.3, 0.4) is 0 Å². The van der Waals surface area contributed by atoms with Gasteiger partial charge in [0.2, 0.25) is 0 Å². The minimum absolute atomic E-state index is 0.0152. The van der Waals surface area contributed by atoms with Crippen molar-refractivity contribution >= 4 is 11.6 Å². The summed E-state index contributed by atoms with van der Waals surface area (Å²) in [7, 11) is 1.59. The van der Waals surface area contributed by atoms with Gasteiger partial charge in [0.05, 0.1) is 12.1 Å². The molecule has 0 aliphatic heterocycles. The van der Waals surface area contributed by atoms with Crippen LogP contribution < -0.4 is 10.1 Å². The molecule has 0 fully saturated rings. The van der Waals surface area contributed by atoms with Crippen LogP contribution in [0.5, 0.6) is 5.75 Å². The maximum absolute atomic E-state index is 10.4. The molecule has 1 aromatic heterocycles. The Bertz CT molecular complexity index is 847. The topological polar surface area (TPSA) is 59.2 Å². The maximum Gasteiger partial charge on any atom is 0.158 e. The third-order valence-electron chi connectivity index (χ3n) is 4.43. The second-order valence-corrected chi connectivity index (χ2v) is 6.68. The van der Waals surface area contributed by atoms with E-state index in [0.29, 0.717) is 17.3 Å². The molecule has 0 saturated carbocycles. The Morgan fingerprint density at radius 2 is 1.88 bits per heavy atom. The minimum atomic E-state index is -0.522. The number of hydrogen-bond acceptors (Lipinski definition) is 3. The Morgan fingerprint density at radius 3 is 2.58 bits per heavy atom. The van der Waals surface area contributed by atoms with E-state index in [1.165, 1.54) is 0 Å². The zero-order valence-corrected chi connectivity index (χ0v) is 15.6. The Balaban J connectivity index is 1.62. The van der Waals surface area contributed by atoms with Crippen molar-refractivity contribution in [2.75, 3.05) is 7.11 Å². The zero-order chi connectivity index (χ0) is 18.5. The summed E-state index contributed by atoms with van der Waals surface area (Å²) in [5, 5.41) is 13.1. The van der Waals surface area contributed by atoms with E-state index in [-0.39, 0.29) is 6.04 Å². The molecule has 5 heteroatoms. The summed E-state index contributed by atoms with van der Waals surface area (Å²) in [5.74, 6) is 2.24. The van der Waals surface area contributed by atoms with Crippen molar-refractivity contribution in [1.29, 1.82) is 0 Å². The molecule has 4 nitrogen and oxygen atoms in total. The molecule has 3 rings (SSSR count). The minimum Gasteiger partial charge on any atom is -0.495 e. The first kappa shape index (κ1) is 18.5. The summed E-state index contributed by atoms with van der Waals surface area (Å²) in [6, 6.07) is 19.2. The first-order chi connectivity index (χ1) is 12.6. The van der Waals surface area contributed by atoms with Crippen molar-refractivity contribution < 1.29 is 19.6 Å². The molecule has 2 atom stereocenters. The third-order valence-corrected chi connectivity index (χ3v) is 4.72. The van der Waals surface area contributed by atoms with Crippen molar-refractivity contribution in [3.63, 3.8) is 0 Å². The number of aliphatic hydroxyl groups excluding tert-OH is 1. The highest BCUT2D eigenvalue weighted by molar-refractivity contribution is 6.32. The van der Waals surface area contributed by atoms with Gasteiger partial charge >= 0.3 is 0 Å². The summed E-state index contributed by atoms with van der Waals surface area (Å²) >= 11 is 6.18. The van der Waals surface area contributed by atoms with Crippen molar-refractivity contribution in [3.8, 4) is 17.1 Å². The molecule has 3 aromatic rings. The second-order valence-electron chi connectivity index (χ2n) is 6.27. The highest BCUT2D eigenvalue weighted by Gasteiger charge is 2.19. The monoisotopic (exact) mass is 372 g/mol. The number of hydrogen-bond donors (Lipinski definition) is 2. The molecule has 0 aliphatic rings. The first-order valence-electron chi connectivity index (χ1n) is 8.57. The molecule has 0 unspecified atom stereocenters. The molecule has 0 aliphatic carbocycles. The lowest BCUT2D eigenvalue weighted by atomic mass is 10.0. The number of halogens is 1. The molecule has 1 heterocycles. The summed E-state index contributed by atoms with van der Waals surface area (Å²) in [6.45, 7) is 2.65. The number of nitrogens with two attached hydrogens (primary N) is 1. The predicted molar refractivity (Wildman–Crippen MR) is 102 cm³/mol. The normalized spacial score (nSPS) is 13.4. The Morgan fingerprint density at radius 1 is 1.12 bits per heavy atom. The lowest BCUT2D eigenvalue weighted by Gasteiger charge is -2.17. The molecular weight excluding hydrogens is 350 g/mol.